The summed E-state index contributed by atoms with van der Waals surface area (Å²) in [6.45, 7) is 0. The van der Waals surface area contributed by atoms with Crippen molar-refractivity contribution >= 4 is 35.8 Å². The number of carboxylic acids is 6. The number of aromatic nitrogens is 6. The molecule has 3 heterocycles. The number of aromatic amines is 3. The van der Waals surface area contributed by atoms with Gasteiger partial charge in [0.05, 0.1) is 19.0 Å². The van der Waals surface area contributed by atoms with Gasteiger partial charge in [0.1, 0.15) is 0 Å². The first-order valence-electron chi connectivity index (χ1n) is 7.88. The van der Waals surface area contributed by atoms with Crippen molar-refractivity contribution in [2.24, 2.45) is 0 Å². The summed E-state index contributed by atoms with van der Waals surface area (Å²) in [4.78, 5) is 78.0. The molecule has 3 aromatic heterocycles. The van der Waals surface area contributed by atoms with E-state index in [9.17, 15) is 28.8 Å². The number of H-pyrrole nitrogens is 3. The normalized spacial score (nSPS) is 8.91. The number of hydrogen-bond donors (Lipinski definition) is 9. The summed E-state index contributed by atoms with van der Waals surface area (Å²) in [5, 5.41) is 50.2. The molecule has 3 aromatic rings. The fourth-order valence-corrected chi connectivity index (χ4v) is 1.86. The van der Waals surface area contributed by atoms with E-state index in [2.05, 4.69) is 29.9 Å². The Morgan fingerprint density at radius 3 is 0.771 bits per heavy atom. The fraction of sp³-hybridized carbons (Fsp3) is 0. The van der Waals surface area contributed by atoms with E-state index in [4.69, 9.17) is 30.6 Å². The first-order valence-corrected chi connectivity index (χ1v) is 7.88. The van der Waals surface area contributed by atoms with Crippen LogP contribution in [0.25, 0.3) is 0 Å². The predicted molar refractivity (Wildman–Crippen MR) is 97.5 cm³/mol. The van der Waals surface area contributed by atoms with Crippen molar-refractivity contribution in [3.63, 3.8) is 0 Å². The summed E-state index contributed by atoms with van der Waals surface area (Å²) in [5.74, 6) is -8.07. The van der Waals surface area contributed by atoms with E-state index in [1.54, 1.807) is 0 Å². The second kappa shape index (κ2) is 15.7. The molecular formula is C15H12La2N6O12. The molecule has 0 aliphatic carbocycles. The molecule has 0 fully saturated rings. The van der Waals surface area contributed by atoms with Gasteiger partial charge in [-0.15, -0.1) is 0 Å². The van der Waals surface area contributed by atoms with Crippen LogP contribution in [-0.4, -0.2) is 96.4 Å². The molecular weight excluding hydrogens is 734 g/mol. The van der Waals surface area contributed by atoms with Crippen LogP contribution in [0.5, 0.6) is 0 Å². The van der Waals surface area contributed by atoms with Gasteiger partial charge in [-0.25, -0.2) is 43.7 Å². The standard InChI is InChI=1S/3C5H4N2O4.2La/c3*8-4(9)2-3(5(10)11)7-1-6-2;;/h3*1H,(H,6,7)(H,8,9)(H,10,11);;. The molecule has 3 rings (SSSR count). The maximum Gasteiger partial charge on any atom is 0.357 e. The van der Waals surface area contributed by atoms with Crippen molar-refractivity contribution in [3.05, 3.63) is 53.1 Å². The quantitative estimate of drug-likeness (QED) is 0.152. The minimum absolute atomic E-state index is 0. The van der Waals surface area contributed by atoms with Crippen LogP contribution in [-0.2, 0) is 0 Å². The van der Waals surface area contributed by atoms with Crippen LogP contribution in [0.3, 0.4) is 0 Å². The molecule has 0 unspecified atom stereocenters. The van der Waals surface area contributed by atoms with E-state index in [1.165, 1.54) is 0 Å². The average molecular weight is 746 g/mol. The summed E-state index contributed by atoms with van der Waals surface area (Å²) in [6, 6.07) is 0. The Bertz CT molecular complexity index is 983. The zero-order valence-electron chi connectivity index (χ0n) is 16.9. The monoisotopic (exact) mass is 746 g/mol. The van der Waals surface area contributed by atoms with E-state index in [0.29, 0.717) is 0 Å². The molecule has 0 aliphatic heterocycles. The van der Waals surface area contributed by atoms with Gasteiger partial charge >= 0.3 is 35.8 Å². The first-order chi connectivity index (χ1) is 15.4. The van der Waals surface area contributed by atoms with Gasteiger partial charge in [-0.1, -0.05) is 0 Å². The Hall–Kier alpha value is -3.16. The van der Waals surface area contributed by atoms with Gasteiger partial charge < -0.3 is 45.6 Å². The SMILES string of the molecule is O=C(O)c1nc[nH]c1C(=O)O.O=C(O)c1nc[nH]c1C(=O)O.O=C(O)c1nc[nH]c1C(=O)O.[La].[La]. The molecule has 0 aromatic carbocycles. The molecule has 0 amide bonds. The van der Waals surface area contributed by atoms with Crippen molar-refractivity contribution < 1.29 is 131 Å². The van der Waals surface area contributed by atoms with E-state index in [0.717, 1.165) is 19.0 Å². The summed E-state index contributed by atoms with van der Waals surface area (Å²) in [5.41, 5.74) is -2.64. The molecule has 0 aliphatic rings. The molecule has 0 bridgehead atoms. The third-order valence-electron chi connectivity index (χ3n) is 3.17. The fourth-order valence-electron chi connectivity index (χ4n) is 1.86. The van der Waals surface area contributed by atoms with Gasteiger partial charge in [0, 0.05) is 71.2 Å². The second-order valence-corrected chi connectivity index (χ2v) is 5.21. The van der Waals surface area contributed by atoms with Crippen LogP contribution >= 0.6 is 0 Å². The third-order valence-corrected chi connectivity index (χ3v) is 3.17. The van der Waals surface area contributed by atoms with Crippen LogP contribution in [0.4, 0.5) is 0 Å². The average Bonchev–Trinajstić information content (AvgIpc) is 3.48. The molecule has 180 valence electrons. The molecule has 20 heteroatoms. The molecule has 0 saturated heterocycles. The van der Waals surface area contributed by atoms with E-state index < -0.39 is 70.0 Å². The number of imidazole rings is 3. The Balaban J connectivity index is 0. The van der Waals surface area contributed by atoms with E-state index >= 15 is 0 Å². The zero-order valence-corrected chi connectivity index (χ0v) is 24.1. The van der Waals surface area contributed by atoms with Crippen LogP contribution < -0.4 is 0 Å². The Labute approximate surface area is 247 Å². The van der Waals surface area contributed by atoms with Crippen molar-refractivity contribution in [2.75, 3.05) is 0 Å². The predicted octanol–water partition coefficient (Wildman–Crippen LogP) is -0.582. The van der Waals surface area contributed by atoms with Crippen LogP contribution in [0.2, 0.25) is 0 Å². The largest absolute Gasteiger partial charge is 0.477 e. The number of nitrogens with zero attached hydrogens (tertiary/aromatic N) is 3. The maximum absolute atomic E-state index is 10.3. The van der Waals surface area contributed by atoms with E-state index in [1.807, 2.05) is 0 Å². The molecule has 0 spiro atoms. The Morgan fingerprint density at radius 2 is 0.657 bits per heavy atom. The summed E-state index contributed by atoms with van der Waals surface area (Å²) >= 11 is 0. The van der Waals surface area contributed by atoms with Gasteiger partial charge in [-0.2, -0.15) is 0 Å². The number of hydrogen-bond acceptors (Lipinski definition) is 9. The van der Waals surface area contributed by atoms with E-state index in [-0.39, 0.29) is 71.2 Å². The third kappa shape index (κ3) is 9.92. The summed E-state index contributed by atoms with van der Waals surface area (Å²) in [7, 11) is 0. The van der Waals surface area contributed by atoms with Crippen LogP contribution in [0.1, 0.15) is 62.9 Å². The topological polar surface area (TPSA) is 310 Å². The second-order valence-electron chi connectivity index (χ2n) is 5.21. The van der Waals surface area contributed by atoms with Gasteiger partial charge in [0.2, 0.25) is 0 Å². The van der Waals surface area contributed by atoms with Gasteiger partial charge in [0.15, 0.2) is 34.2 Å². The van der Waals surface area contributed by atoms with Crippen molar-refractivity contribution in [1.82, 2.24) is 29.9 Å². The molecule has 2 radical (unpaired) electrons. The number of aromatic carboxylic acids is 6. The number of nitrogens with one attached hydrogen (secondary N) is 3. The number of carboxylic acid groups (broad SMARTS) is 6. The van der Waals surface area contributed by atoms with Crippen LogP contribution in [0.15, 0.2) is 19.0 Å². The van der Waals surface area contributed by atoms with Crippen molar-refractivity contribution in [2.45, 2.75) is 0 Å². The van der Waals surface area contributed by atoms with Crippen molar-refractivity contribution in [1.29, 1.82) is 0 Å². The van der Waals surface area contributed by atoms with Crippen LogP contribution in [0, 0.1) is 71.2 Å². The number of carbonyl (C=O) groups is 6. The van der Waals surface area contributed by atoms with Gasteiger partial charge in [-0.05, 0) is 0 Å². The molecule has 0 saturated carbocycles. The maximum atomic E-state index is 10.3. The van der Waals surface area contributed by atoms with Gasteiger partial charge in [0.25, 0.3) is 0 Å². The Morgan fingerprint density at radius 1 is 0.457 bits per heavy atom. The summed E-state index contributed by atoms with van der Waals surface area (Å²) < 4.78 is 0. The number of rotatable bonds is 6. The minimum atomic E-state index is -1.36. The molecule has 0 atom stereocenters. The first kappa shape index (κ1) is 34.0. The summed E-state index contributed by atoms with van der Waals surface area (Å²) in [6.07, 6.45) is 3.06. The zero-order chi connectivity index (χ0) is 25.3. The molecule has 9 N–H and O–H groups in total. The molecule has 35 heavy (non-hydrogen) atoms. The van der Waals surface area contributed by atoms with Gasteiger partial charge in [-0.3, -0.25) is 0 Å². The van der Waals surface area contributed by atoms with Crippen molar-refractivity contribution in [3.8, 4) is 0 Å². The Kier molecular flexibility index (Phi) is 15.2. The minimum Gasteiger partial charge on any atom is -0.477 e. The smallest absolute Gasteiger partial charge is 0.357 e. The molecule has 18 nitrogen and oxygen atoms in total.